The van der Waals surface area contributed by atoms with Crippen molar-refractivity contribution < 1.29 is 9.53 Å². The van der Waals surface area contributed by atoms with E-state index in [1.807, 2.05) is 29.2 Å². The number of nitrogens with zero attached hydrogens (tertiary/aromatic N) is 4. The Morgan fingerprint density at radius 1 is 1.38 bits per heavy atom. The van der Waals surface area contributed by atoms with E-state index < -0.39 is 0 Å². The molecule has 1 amide bonds. The van der Waals surface area contributed by atoms with Gasteiger partial charge in [0.1, 0.15) is 5.75 Å². The first-order valence-electron chi connectivity index (χ1n) is 7.18. The third-order valence-electron chi connectivity index (χ3n) is 3.82. The summed E-state index contributed by atoms with van der Waals surface area (Å²) < 4.78 is 5.11. The van der Waals surface area contributed by atoms with Crippen molar-refractivity contribution in [2.75, 3.05) is 20.2 Å². The minimum absolute atomic E-state index is 0.0423. The Bertz CT molecular complexity index is 515. The summed E-state index contributed by atoms with van der Waals surface area (Å²) in [7, 11) is 1.64. The second kappa shape index (κ2) is 7.55. The summed E-state index contributed by atoms with van der Waals surface area (Å²) >= 11 is 0. The number of piperidine rings is 1. The van der Waals surface area contributed by atoms with E-state index in [4.69, 9.17) is 10.3 Å². The van der Waals surface area contributed by atoms with Gasteiger partial charge in [0.2, 0.25) is 5.91 Å². The standard InChI is InChI=1S/C15H20N4O2/c1-21-14-5-2-12(3-6-14)4-7-15(20)19-10-8-13(9-11-19)17-18-16/h2-3,5-6,13H,4,7-11H2,1H3. The van der Waals surface area contributed by atoms with Crippen molar-refractivity contribution in [3.05, 3.63) is 40.3 Å². The largest absolute Gasteiger partial charge is 0.497 e. The van der Waals surface area contributed by atoms with Crippen LogP contribution in [0.15, 0.2) is 29.4 Å². The van der Waals surface area contributed by atoms with Crippen LogP contribution in [0.3, 0.4) is 0 Å². The molecule has 21 heavy (non-hydrogen) atoms. The molecule has 1 aliphatic rings. The first kappa shape index (κ1) is 15.2. The number of rotatable bonds is 5. The van der Waals surface area contributed by atoms with Gasteiger partial charge in [-0.1, -0.05) is 17.2 Å². The highest BCUT2D eigenvalue weighted by molar-refractivity contribution is 5.76. The lowest BCUT2D eigenvalue weighted by Gasteiger charge is -2.30. The van der Waals surface area contributed by atoms with Crippen LogP contribution in [-0.4, -0.2) is 37.0 Å². The van der Waals surface area contributed by atoms with Crippen LogP contribution >= 0.6 is 0 Å². The minimum atomic E-state index is 0.0423. The van der Waals surface area contributed by atoms with Crippen molar-refractivity contribution in [2.45, 2.75) is 31.7 Å². The van der Waals surface area contributed by atoms with Crippen LogP contribution < -0.4 is 4.74 Å². The maximum Gasteiger partial charge on any atom is 0.222 e. The molecule has 1 aromatic carbocycles. The molecule has 0 atom stereocenters. The van der Waals surface area contributed by atoms with Gasteiger partial charge < -0.3 is 9.64 Å². The zero-order valence-electron chi connectivity index (χ0n) is 12.2. The van der Waals surface area contributed by atoms with Gasteiger partial charge in [-0.3, -0.25) is 4.79 Å². The molecule has 2 rings (SSSR count). The first-order chi connectivity index (χ1) is 10.2. The molecule has 6 heteroatoms. The summed E-state index contributed by atoms with van der Waals surface area (Å²) in [5.74, 6) is 0.996. The molecule has 0 bridgehead atoms. The SMILES string of the molecule is COc1ccc(CCC(=O)N2CCC(N=[N+]=[N-])CC2)cc1. The van der Waals surface area contributed by atoms with Crippen molar-refractivity contribution in [3.63, 3.8) is 0 Å². The van der Waals surface area contributed by atoms with Crippen LogP contribution in [-0.2, 0) is 11.2 Å². The lowest BCUT2D eigenvalue weighted by molar-refractivity contribution is -0.132. The Labute approximate surface area is 124 Å². The maximum atomic E-state index is 12.2. The fourth-order valence-corrected chi connectivity index (χ4v) is 2.51. The molecule has 1 saturated heterocycles. The van der Waals surface area contributed by atoms with Crippen LogP contribution in [0, 0.1) is 0 Å². The Kier molecular flexibility index (Phi) is 5.46. The maximum absolute atomic E-state index is 12.2. The van der Waals surface area contributed by atoms with Crippen LogP contribution in [0.2, 0.25) is 0 Å². The number of carbonyl (C=O) groups is 1. The minimum Gasteiger partial charge on any atom is -0.497 e. The average molecular weight is 288 g/mol. The van der Waals surface area contributed by atoms with Crippen LogP contribution in [0.1, 0.15) is 24.8 Å². The van der Waals surface area contributed by atoms with E-state index in [1.165, 1.54) is 0 Å². The zero-order chi connectivity index (χ0) is 15.1. The van der Waals surface area contributed by atoms with Gasteiger partial charge in [-0.2, -0.15) is 0 Å². The van der Waals surface area contributed by atoms with Gasteiger partial charge in [0.25, 0.3) is 0 Å². The van der Waals surface area contributed by atoms with E-state index >= 15 is 0 Å². The normalized spacial score (nSPS) is 15.4. The molecule has 0 aliphatic carbocycles. The van der Waals surface area contributed by atoms with E-state index in [2.05, 4.69) is 10.0 Å². The summed E-state index contributed by atoms with van der Waals surface area (Å²) in [5, 5.41) is 3.72. The highest BCUT2D eigenvalue weighted by Gasteiger charge is 2.21. The number of hydrogen-bond donors (Lipinski definition) is 0. The number of likely N-dealkylation sites (tertiary alicyclic amines) is 1. The summed E-state index contributed by atoms with van der Waals surface area (Å²) in [6.45, 7) is 1.37. The number of benzene rings is 1. The lowest BCUT2D eigenvalue weighted by atomic mass is 10.0. The molecular formula is C15H20N4O2. The molecule has 1 fully saturated rings. The Hall–Kier alpha value is -2.20. The average Bonchev–Trinajstić information content (AvgIpc) is 2.54. The molecule has 0 saturated carbocycles. The quantitative estimate of drug-likeness (QED) is 0.474. The highest BCUT2D eigenvalue weighted by Crippen LogP contribution is 2.16. The smallest absolute Gasteiger partial charge is 0.222 e. The lowest BCUT2D eigenvalue weighted by Crippen LogP contribution is -2.39. The van der Waals surface area contributed by atoms with Gasteiger partial charge in [-0.25, -0.2) is 0 Å². The Morgan fingerprint density at radius 2 is 2.05 bits per heavy atom. The van der Waals surface area contributed by atoms with E-state index in [-0.39, 0.29) is 11.9 Å². The monoisotopic (exact) mass is 288 g/mol. The molecule has 6 nitrogen and oxygen atoms in total. The van der Waals surface area contributed by atoms with Crippen molar-refractivity contribution in [1.29, 1.82) is 0 Å². The number of hydrogen-bond acceptors (Lipinski definition) is 3. The predicted molar refractivity (Wildman–Crippen MR) is 80.1 cm³/mol. The van der Waals surface area contributed by atoms with E-state index in [0.717, 1.165) is 30.6 Å². The summed E-state index contributed by atoms with van der Waals surface area (Å²) in [6.07, 6.45) is 2.77. The molecule has 0 N–H and O–H groups in total. The number of aryl methyl sites for hydroxylation is 1. The van der Waals surface area contributed by atoms with Crippen molar-refractivity contribution in [3.8, 4) is 5.75 Å². The van der Waals surface area contributed by atoms with Gasteiger partial charge in [0.05, 0.1) is 7.11 Å². The second-order valence-electron chi connectivity index (χ2n) is 5.16. The molecule has 1 heterocycles. The molecule has 0 unspecified atom stereocenters. The predicted octanol–water partition coefficient (Wildman–Crippen LogP) is 2.93. The highest BCUT2D eigenvalue weighted by atomic mass is 16.5. The molecule has 1 aromatic rings. The van der Waals surface area contributed by atoms with Crippen LogP contribution in [0.4, 0.5) is 0 Å². The molecular weight excluding hydrogens is 268 g/mol. The van der Waals surface area contributed by atoms with E-state index in [9.17, 15) is 4.79 Å². The molecule has 0 radical (unpaired) electrons. The second-order valence-corrected chi connectivity index (χ2v) is 5.16. The molecule has 112 valence electrons. The van der Waals surface area contributed by atoms with Gasteiger partial charge in [-0.05, 0) is 42.5 Å². The van der Waals surface area contributed by atoms with Gasteiger partial charge in [-0.15, -0.1) is 0 Å². The van der Waals surface area contributed by atoms with E-state index in [0.29, 0.717) is 19.5 Å². The molecule has 0 aromatic heterocycles. The van der Waals surface area contributed by atoms with Gasteiger partial charge >= 0.3 is 0 Å². The fourth-order valence-electron chi connectivity index (χ4n) is 2.51. The van der Waals surface area contributed by atoms with Crippen LogP contribution in [0.5, 0.6) is 5.75 Å². The summed E-state index contributed by atoms with van der Waals surface area (Å²) in [6, 6.07) is 7.83. The van der Waals surface area contributed by atoms with Gasteiger partial charge in [0.15, 0.2) is 0 Å². The molecule has 0 spiro atoms. The van der Waals surface area contributed by atoms with E-state index in [1.54, 1.807) is 7.11 Å². The number of carbonyl (C=O) groups excluding carboxylic acids is 1. The summed E-state index contributed by atoms with van der Waals surface area (Å²) in [4.78, 5) is 16.9. The molecule has 1 aliphatic heterocycles. The third kappa shape index (κ3) is 4.39. The topological polar surface area (TPSA) is 78.3 Å². The number of azide groups is 1. The Balaban J connectivity index is 1.78. The first-order valence-corrected chi connectivity index (χ1v) is 7.18. The Morgan fingerprint density at radius 3 is 2.62 bits per heavy atom. The fraction of sp³-hybridized carbons (Fsp3) is 0.533. The zero-order valence-corrected chi connectivity index (χ0v) is 12.2. The van der Waals surface area contributed by atoms with Crippen LogP contribution in [0.25, 0.3) is 10.4 Å². The number of amides is 1. The van der Waals surface area contributed by atoms with Crippen molar-refractivity contribution in [2.24, 2.45) is 5.11 Å². The van der Waals surface area contributed by atoms with Crippen molar-refractivity contribution in [1.82, 2.24) is 4.90 Å². The third-order valence-corrected chi connectivity index (χ3v) is 3.82. The van der Waals surface area contributed by atoms with Crippen molar-refractivity contribution >= 4 is 5.91 Å². The number of methoxy groups -OCH3 is 1. The number of ether oxygens (including phenoxy) is 1. The summed E-state index contributed by atoms with van der Waals surface area (Å²) in [5.41, 5.74) is 9.54. The van der Waals surface area contributed by atoms with Gasteiger partial charge in [0, 0.05) is 30.5 Å².